The molecule has 1 nitrogen and oxygen atoms in total. The van der Waals surface area contributed by atoms with Gasteiger partial charge in [-0.1, -0.05) is 47.0 Å². The number of aryl methyl sites for hydroxylation is 2. The largest absolute Gasteiger partial charge is 0.306 e. The standard InChI is InChI=1S/C17H19Cl2N/c1-11-4-5-12(2)17(6-11)13(3)20-10-14-7-15(18)9-16(19)8-14/h4-9,13,20H,10H2,1-3H3. The molecule has 2 rings (SSSR count). The molecule has 0 radical (unpaired) electrons. The minimum Gasteiger partial charge on any atom is -0.306 e. The summed E-state index contributed by atoms with van der Waals surface area (Å²) in [7, 11) is 0. The second-order valence-corrected chi connectivity index (χ2v) is 6.11. The van der Waals surface area contributed by atoms with Crippen LogP contribution in [0.3, 0.4) is 0 Å². The molecule has 0 aromatic heterocycles. The molecule has 3 heteroatoms. The van der Waals surface area contributed by atoms with Gasteiger partial charge in [-0.25, -0.2) is 0 Å². The van der Waals surface area contributed by atoms with Crippen molar-refractivity contribution in [3.63, 3.8) is 0 Å². The molecule has 106 valence electrons. The summed E-state index contributed by atoms with van der Waals surface area (Å²) in [6.45, 7) is 7.18. The van der Waals surface area contributed by atoms with E-state index in [0.29, 0.717) is 10.0 Å². The van der Waals surface area contributed by atoms with E-state index in [1.165, 1.54) is 16.7 Å². The average molecular weight is 308 g/mol. The van der Waals surface area contributed by atoms with E-state index in [0.717, 1.165) is 12.1 Å². The summed E-state index contributed by atoms with van der Waals surface area (Å²) >= 11 is 12.0. The third-order valence-corrected chi connectivity index (χ3v) is 3.87. The monoisotopic (exact) mass is 307 g/mol. The van der Waals surface area contributed by atoms with Gasteiger partial charge >= 0.3 is 0 Å². The van der Waals surface area contributed by atoms with Crippen molar-refractivity contribution in [2.45, 2.75) is 33.4 Å². The third-order valence-electron chi connectivity index (χ3n) is 3.44. The van der Waals surface area contributed by atoms with Crippen LogP contribution in [0.25, 0.3) is 0 Å². The number of rotatable bonds is 4. The van der Waals surface area contributed by atoms with E-state index >= 15 is 0 Å². The van der Waals surface area contributed by atoms with E-state index < -0.39 is 0 Å². The van der Waals surface area contributed by atoms with Crippen LogP contribution in [0.2, 0.25) is 10.0 Å². The highest BCUT2D eigenvalue weighted by Crippen LogP contribution is 2.22. The fourth-order valence-corrected chi connectivity index (χ4v) is 2.89. The molecule has 0 heterocycles. The molecular formula is C17H19Cl2N. The molecule has 0 bridgehead atoms. The molecule has 2 aromatic rings. The van der Waals surface area contributed by atoms with Gasteiger partial charge in [-0.2, -0.15) is 0 Å². The van der Waals surface area contributed by atoms with Gasteiger partial charge in [0.05, 0.1) is 0 Å². The lowest BCUT2D eigenvalue weighted by Gasteiger charge is -2.17. The number of hydrogen-bond donors (Lipinski definition) is 1. The highest BCUT2D eigenvalue weighted by Gasteiger charge is 2.08. The smallest absolute Gasteiger partial charge is 0.0424 e. The van der Waals surface area contributed by atoms with Crippen molar-refractivity contribution in [2.75, 3.05) is 0 Å². The van der Waals surface area contributed by atoms with Crippen LogP contribution in [-0.2, 0) is 6.54 Å². The minimum atomic E-state index is 0.285. The fraction of sp³-hybridized carbons (Fsp3) is 0.294. The van der Waals surface area contributed by atoms with Crippen LogP contribution in [0.4, 0.5) is 0 Å². The van der Waals surface area contributed by atoms with E-state index in [1.807, 2.05) is 12.1 Å². The van der Waals surface area contributed by atoms with Crippen LogP contribution in [0.5, 0.6) is 0 Å². The third kappa shape index (κ3) is 3.99. The number of benzene rings is 2. The normalized spacial score (nSPS) is 12.4. The van der Waals surface area contributed by atoms with Crippen LogP contribution < -0.4 is 5.32 Å². The molecule has 0 amide bonds. The first-order valence-corrected chi connectivity index (χ1v) is 7.47. The summed E-state index contributed by atoms with van der Waals surface area (Å²) in [5, 5.41) is 4.87. The molecule has 1 atom stereocenters. The molecule has 1 N–H and O–H groups in total. The van der Waals surface area contributed by atoms with Gasteiger partial charge in [-0.3, -0.25) is 0 Å². The molecule has 0 spiro atoms. The van der Waals surface area contributed by atoms with Crippen LogP contribution in [-0.4, -0.2) is 0 Å². The van der Waals surface area contributed by atoms with Gasteiger partial charge in [0, 0.05) is 22.6 Å². The van der Waals surface area contributed by atoms with Gasteiger partial charge in [0.25, 0.3) is 0 Å². The summed E-state index contributed by atoms with van der Waals surface area (Å²) in [5.41, 5.74) is 5.02. The molecule has 2 aromatic carbocycles. The summed E-state index contributed by atoms with van der Waals surface area (Å²) in [4.78, 5) is 0. The van der Waals surface area contributed by atoms with Crippen molar-refractivity contribution < 1.29 is 0 Å². The van der Waals surface area contributed by atoms with Crippen LogP contribution in [0.1, 0.15) is 35.2 Å². The Bertz CT molecular complexity index is 588. The Balaban J connectivity index is 2.08. The average Bonchev–Trinajstić information content (AvgIpc) is 2.38. The predicted octanol–water partition coefficient (Wildman–Crippen LogP) is 5.46. The van der Waals surface area contributed by atoms with Crippen LogP contribution >= 0.6 is 23.2 Å². The number of halogens is 2. The zero-order chi connectivity index (χ0) is 14.7. The lowest BCUT2D eigenvalue weighted by Crippen LogP contribution is -2.19. The van der Waals surface area contributed by atoms with E-state index in [4.69, 9.17) is 23.2 Å². The van der Waals surface area contributed by atoms with Gasteiger partial charge in [0.15, 0.2) is 0 Å². The van der Waals surface area contributed by atoms with E-state index in [1.54, 1.807) is 6.07 Å². The Morgan fingerprint density at radius 3 is 2.30 bits per heavy atom. The van der Waals surface area contributed by atoms with Crippen molar-refractivity contribution in [3.8, 4) is 0 Å². The van der Waals surface area contributed by atoms with Crippen molar-refractivity contribution in [2.24, 2.45) is 0 Å². The Morgan fingerprint density at radius 1 is 1.00 bits per heavy atom. The van der Waals surface area contributed by atoms with E-state index in [9.17, 15) is 0 Å². The minimum absolute atomic E-state index is 0.285. The van der Waals surface area contributed by atoms with Gasteiger partial charge in [0.2, 0.25) is 0 Å². The highest BCUT2D eigenvalue weighted by atomic mass is 35.5. The molecule has 0 aliphatic carbocycles. The second-order valence-electron chi connectivity index (χ2n) is 5.24. The summed E-state index contributed by atoms with van der Waals surface area (Å²) in [5.74, 6) is 0. The molecule has 0 fully saturated rings. The van der Waals surface area contributed by atoms with Crippen LogP contribution in [0.15, 0.2) is 36.4 Å². The van der Waals surface area contributed by atoms with Crippen LogP contribution in [0, 0.1) is 13.8 Å². The van der Waals surface area contributed by atoms with Crippen molar-refractivity contribution in [1.29, 1.82) is 0 Å². The zero-order valence-corrected chi connectivity index (χ0v) is 13.5. The maximum atomic E-state index is 6.02. The molecule has 0 aliphatic rings. The molecule has 0 saturated heterocycles. The van der Waals surface area contributed by atoms with Gasteiger partial charge in [-0.15, -0.1) is 0 Å². The molecule has 0 aliphatic heterocycles. The molecular weight excluding hydrogens is 289 g/mol. The quantitative estimate of drug-likeness (QED) is 0.790. The first kappa shape index (κ1) is 15.4. The Morgan fingerprint density at radius 2 is 1.65 bits per heavy atom. The summed E-state index contributed by atoms with van der Waals surface area (Å²) < 4.78 is 0. The van der Waals surface area contributed by atoms with E-state index in [2.05, 4.69) is 44.3 Å². The Hall–Kier alpha value is -1.02. The lowest BCUT2D eigenvalue weighted by molar-refractivity contribution is 0.572. The van der Waals surface area contributed by atoms with Crippen molar-refractivity contribution in [1.82, 2.24) is 5.32 Å². The SMILES string of the molecule is Cc1ccc(C)c(C(C)NCc2cc(Cl)cc(Cl)c2)c1. The first-order chi connectivity index (χ1) is 9.45. The maximum Gasteiger partial charge on any atom is 0.0424 e. The number of nitrogens with one attached hydrogen (secondary N) is 1. The summed E-state index contributed by atoms with van der Waals surface area (Å²) in [6.07, 6.45) is 0. The molecule has 0 saturated carbocycles. The molecule has 1 unspecified atom stereocenters. The van der Waals surface area contributed by atoms with Gasteiger partial charge in [-0.05, 0) is 55.7 Å². The Labute approximate surface area is 130 Å². The fourth-order valence-electron chi connectivity index (χ4n) is 2.32. The number of hydrogen-bond acceptors (Lipinski definition) is 1. The second kappa shape index (κ2) is 6.62. The predicted molar refractivity (Wildman–Crippen MR) is 87.6 cm³/mol. The highest BCUT2D eigenvalue weighted by molar-refractivity contribution is 6.34. The Kier molecular flexibility index (Phi) is 5.09. The first-order valence-electron chi connectivity index (χ1n) is 6.71. The maximum absolute atomic E-state index is 6.02. The van der Waals surface area contributed by atoms with Crippen molar-refractivity contribution in [3.05, 3.63) is 68.7 Å². The van der Waals surface area contributed by atoms with Gasteiger partial charge in [0.1, 0.15) is 0 Å². The lowest BCUT2D eigenvalue weighted by atomic mass is 10.00. The molecule has 20 heavy (non-hydrogen) atoms. The van der Waals surface area contributed by atoms with Crippen molar-refractivity contribution >= 4 is 23.2 Å². The topological polar surface area (TPSA) is 12.0 Å². The van der Waals surface area contributed by atoms with Gasteiger partial charge < -0.3 is 5.32 Å². The zero-order valence-electron chi connectivity index (χ0n) is 12.0. The summed E-state index contributed by atoms with van der Waals surface area (Å²) in [6, 6.07) is 12.5. The van der Waals surface area contributed by atoms with E-state index in [-0.39, 0.29) is 6.04 Å².